The zero-order chi connectivity index (χ0) is 16.3. The van der Waals surface area contributed by atoms with Crippen LogP contribution in [0.2, 0.25) is 0 Å². The van der Waals surface area contributed by atoms with Crippen LogP contribution < -0.4 is 5.32 Å². The molecule has 1 aromatic rings. The fraction of sp³-hybridized carbons (Fsp3) is 0.588. The number of aliphatic imine (C=N–C) groups is 1. The minimum atomic E-state index is -0.545. The Morgan fingerprint density at radius 3 is 2.88 bits per heavy atom. The van der Waals surface area contributed by atoms with E-state index >= 15 is 0 Å². The van der Waals surface area contributed by atoms with E-state index in [9.17, 15) is 8.78 Å². The van der Waals surface area contributed by atoms with Crippen LogP contribution in [0.3, 0.4) is 0 Å². The second kappa shape index (κ2) is 8.42. The van der Waals surface area contributed by atoms with Crippen molar-refractivity contribution in [2.24, 2.45) is 10.4 Å². The number of guanidine groups is 1. The molecule has 3 rings (SSSR count). The lowest BCUT2D eigenvalue weighted by Gasteiger charge is -2.25. The molecule has 1 spiro atoms. The fourth-order valence-electron chi connectivity index (χ4n) is 3.45. The predicted octanol–water partition coefficient (Wildman–Crippen LogP) is 2.81. The largest absolute Gasteiger partial charge is 0.381 e. The first-order valence-electron chi connectivity index (χ1n) is 8.09. The molecular weight excluding hydrogens is 427 g/mol. The smallest absolute Gasteiger partial charge is 0.193 e. The van der Waals surface area contributed by atoms with Crippen molar-refractivity contribution in [3.63, 3.8) is 0 Å². The molecule has 0 saturated carbocycles. The standard InChI is InChI=1S/C17H23F2N3O.HI/c1-20-16(22-8-5-17(11-22)6-9-23-12-17)21-7-4-13-2-3-14(18)10-15(13)19;/h2-3,10H,4-9,11-12H2,1H3,(H,20,21);1H. The molecule has 1 aromatic carbocycles. The van der Waals surface area contributed by atoms with Gasteiger partial charge in [-0.2, -0.15) is 0 Å². The number of rotatable bonds is 3. The highest BCUT2D eigenvalue weighted by Gasteiger charge is 2.42. The first kappa shape index (κ1) is 19.4. The third kappa shape index (κ3) is 4.36. The molecule has 7 heteroatoms. The quantitative estimate of drug-likeness (QED) is 0.437. The highest BCUT2D eigenvalue weighted by molar-refractivity contribution is 14.0. The summed E-state index contributed by atoms with van der Waals surface area (Å²) in [6.45, 7) is 4.17. The number of hydrogen-bond donors (Lipinski definition) is 1. The van der Waals surface area contributed by atoms with Gasteiger partial charge in [0.25, 0.3) is 0 Å². The highest BCUT2D eigenvalue weighted by atomic mass is 127. The van der Waals surface area contributed by atoms with Gasteiger partial charge in [-0.1, -0.05) is 6.07 Å². The molecule has 2 aliphatic rings. The van der Waals surface area contributed by atoms with Gasteiger partial charge in [0.05, 0.1) is 6.61 Å². The van der Waals surface area contributed by atoms with E-state index in [1.54, 1.807) is 7.05 Å². The van der Waals surface area contributed by atoms with Gasteiger partial charge in [-0.05, 0) is 30.9 Å². The maximum atomic E-state index is 13.6. The summed E-state index contributed by atoms with van der Waals surface area (Å²) >= 11 is 0. The van der Waals surface area contributed by atoms with Gasteiger partial charge >= 0.3 is 0 Å². The van der Waals surface area contributed by atoms with E-state index in [-0.39, 0.29) is 29.4 Å². The lowest BCUT2D eigenvalue weighted by atomic mass is 9.87. The van der Waals surface area contributed by atoms with Gasteiger partial charge in [0, 0.05) is 44.8 Å². The first-order valence-corrected chi connectivity index (χ1v) is 8.09. The summed E-state index contributed by atoms with van der Waals surface area (Å²) < 4.78 is 32.1. The maximum Gasteiger partial charge on any atom is 0.193 e. The van der Waals surface area contributed by atoms with Gasteiger partial charge in [0.15, 0.2) is 5.96 Å². The van der Waals surface area contributed by atoms with Crippen molar-refractivity contribution in [2.45, 2.75) is 19.3 Å². The Balaban J connectivity index is 0.00000208. The average Bonchev–Trinajstić information content (AvgIpc) is 3.16. The lowest BCUT2D eigenvalue weighted by molar-refractivity contribution is 0.156. The van der Waals surface area contributed by atoms with Crippen LogP contribution in [0.5, 0.6) is 0 Å². The molecule has 4 nitrogen and oxygen atoms in total. The molecule has 0 radical (unpaired) electrons. The monoisotopic (exact) mass is 451 g/mol. The molecule has 1 unspecified atom stereocenters. The SMILES string of the molecule is CN=C(NCCc1ccc(F)cc1F)N1CCC2(CCOC2)C1.I. The fourth-order valence-corrected chi connectivity index (χ4v) is 3.45. The molecule has 134 valence electrons. The van der Waals surface area contributed by atoms with Crippen molar-refractivity contribution < 1.29 is 13.5 Å². The van der Waals surface area contributed by atoms with E-state index in [2.05, 4.69) is 15.2 Å². The second-order valence-electron chi connectivity index (χ2n) is 6.43. The molecule has 2 heterocycles. The molecular formula is C17H24F2IN3O. The van der Waals surface area contributed by atoms with Crippen LogP contribution in [0, 0.1) is 17.0 Å². The molecule has 0 aliphatic carbocycles. The van der Waals surface area contributed by atoms with Crippen molar-refractivity contribution in [3.05, 3.63) is 35.4 Å². The topological polar surface area (TPSA) is 36.9 Å². The van der Waals surface area contributed by atoms with E-state index in [4.69, 9.17) is 4.74 Å². The Labute approximate surface area is 158 Å². The summed E-state index contributed by atoms with van der Waals surface area (Å²) in [5.74, 6) is -0.197. The van der Waals surface area contributed by atoms with Crippen molar-refractivity contribution in [1.29, 1.82) is 0 Å². The van der Waals surface area contributed by atoms with Gasteiger partial charge in [0.2, 0.25) is 0 Å². The number of halogens is 3. The Morgan fingerprint density at radius 1 is 1.38 bits per heavy atom. The normalized spacial score (nSPS) is 23.6. The van der Waals surface area contributed by atoms with Crippen molar-refractivity contribution >= 4 is 29.9 Å². The minimum absolute atomic E-state index is 0. The second-order valence-corrected chi connectivity index (χ2v) is 6.43. The summed E-state index contributed by atoms with van der Waals surface area (Å²) in [7, 11) is 1.76. The molecule has 0 bridgehead atoms. The van der Waals surface area contributed by atoms with Gasteiger partial charge in [-0.3, -0.25) is 4.99 Å². The number of hydrogen-bond acceptors (Lipinski definition) is 2. The van der Waals surface area contributed by atoms with E-state index < -0.39 is 11.6 Å². The summed E-state index contributed by atoms with van der Waals surface area (Å²) in [5, 5.41) is 3.28. The van der Waals surface area contributed by atoms with Crippen molar-refractivity contribution in [3.8, 4) is 0 Å². The molecule has 2 saturated heterocycles. The molecule has 0 aromatic heterocycles. The van der Waals surface area contributed by atoms with Crippen LogP contribution in [0.25, 0.3) is 0 Å². The minimum Gasteiger partial charge on any atom is -0.381 e. The number of nitrogens with zero attached hydrogens (tertiary/aromatic N) is 2. The van der Waals surface area contributed by atoms with Crippen molar-refractivity contribution in [1.82, 2.24) is 10.2 Å². The summed E-state index contributed by atoms with van der Waals surface area (Å²) in [6, 6.07) is 3.71. The maximum absolute atomic E-state index is 13.6. The average molecular weight is 451 g/mol. The van der Waals surface area contributed by atoms with Crippen molar-refractivity contribution in [2.75, 3.05) is 39.9 Å². The number of benzene rings is 1. The third-order valence-electron chi connectivity index (χ3n) is 4.83. The molecule has 2 fully saturated rings. The van der Waals surface area contributed by atoms with Crippen LogP contribution in [-0.2, 0) is 11.2 Å². The van der Waals surface area contributed by atoms with Gasteiger partial charge in [-0.25, -0.2) is 8.78 Å². The predicted molar refractivity (Wildman–Crippen MR) is 101 cm³/mol. The Bertz CT molecular complexity index is 591. The Hall–Kier alpha value is -0.960. The zero-order valence-electron chi connectivity index (χ0n) is 13.9. The van der Waals surface area contributed by atoms with Gasteiger partial charge in [0.1, 0.15) is 11.6 Å². The zero-order valence-corrected chi connectivity index (χ0v) is 16.2. The summed E-state index contributed by atoms with van der Waals surface area (Å²) in [5.41, 5.74) is 0.789. The Morgan fingerprint density at radius 2 is 2.21 bits per heavy atom. The van der Waals surface area contributed by atoms with E-state index in [0.717, 1.165) is 51.2 Å². The molecule has 24 heavy (non-hydrogen) atoms. The number of nitrogens with one attached hydrogen (secondary N) is 1. The number of ether oxygens (including phenoxy) is 1. The number of likely N-dealkylation sites (tertiary alicyclic amines) is 1. The van der Waals surface area contributed by atoms with Crippen LogP contribution in [-0.4, -0.2) is 50.8 Å². The molecule has 2 aliphatic heterocycles. The van der Waals surface area contributed by atoms with Crippen LogP contribution in [0.15, 0.2) is 23.2 Å². The highest BCUT2D eigenvalue weighted by Crippen LogP contribution is 2.38. The van der Waals surface area contributed by atoms with E-state index in [1.165, 1.54) is 12.1 Å². The van der Waals surface area contributed by atoms with Crippen LogP contribution >= 0.6 is 24.0 Å². The summed E-state index contributed by atoms with van der Waals surface area (Å²) in [4.78, 5) is 6.57. The third-order valence-corrected chi connectivity index (χ3v) is 4.83. The van der Waals surface area contributed by atoms with Crippen LogP contribution in [0.4, 0.5) is 8.78 Å². The molecule has 1 N–H and O–H groups in total. The van der Waals surface area contributed by atoms with Crippen LogP contribution in [0.1, 0.15) is 18.4 Å². The van der Waals surface area contributed by atoms with Gasteiger partial charge in [-0.15, -0.1) is 24.0 Å². The summed E-state index contributed by atoms with van der Waals surface area (Å²) in [6.07, 6.45) is 2.73. The molecule has 0 amide bonds. The van der Waals surface area contributed by atoms with Gasteiger partial charge < -0.3 is 15.0 Å². The Kier molecular flexibility index (Phi) is 6.79. The first-order chi connectivity index (χ1) is 11.1. The van der Waals surface area contributed by atoms with E-state index in [0.29, 0.717) is 18.5 Å². The lowest BCUT2D eigenvalue weighted by Crippen LogP contribution is -2.42. The van der Waals surface area contributed by atoms with E-state index in [1.807, 2.05) is 0 Å². The molecule has 1 atom stereocenters.